The number of rotatable bonds is 7. The van der Waals surface area contributed by atoms with Crippen LogP contribution < -0.4 is 14.8 Å². The Bertz CT molecular complexity index is 1520. The van der Waals surface area contributed by atoms with Crippen LogP contribution in [0.3, 0.4) is 0 Å². The summed E-state index contributed by atoms with van der Waals surface area (Å²) >= 11 is 7.49. The zero-order valence-electron chi connectivity index (χ0n) is 23.2. The summed E-state index contributed by atoms with van der Waals surface area (Å²) in [6.07, 6.45) is 2.04. The number of hydrogen-bond acceptors (Lipinski definition) is 10. The van der Waals surface area contributed by atoms with Gasteiger partial charge in [0.1, 0.15) is 11.6 Å². The van der Waals surface area contributed by atoms with Crippen molar-refractivity contribution < 1.29 is 36.3 Å². The SMILES string of the molecule is COC(=O)C1=C([C@H]2CC[C@H](NS(=O)(=O)NC(=O)OC(C)(C)C)CC2)NC(c2nccs2)=NC1c1ccc(F)c(F)c1Cl. The number of amidine groups is 1. The van der Waals surface area contributed by atoms with Gasteiger partial charge in [0.25, 0.3) is 0 Å². The molecule has 1 fully saturated rings. The van der Waals surface area contributed by atoms with Gasteiger partial charge in [-0.3, -0.25) is 4.99 Å². The molecule has 4 rings (SSSR count). The van der Waals surface area contributed by atoms with Gasteiger partial charge >= 0.3 is 22.3 Å². The molecule has 2 heterocycles. The van der Waals surface area contributed by atoms with Crippen molar-refractivity contribution in [3.05, 3.63) is 62.2 Å². The smallest absolute Gasteiger partial charge is 0.422 e. The van der Waals surface area contributed by atoms with Gasteiger partial charge in [0.05, 0.1) is 17.7 Å². The average Bonchev–Trinajstić information content (AvgIpc) is 3.45. The van der Waals surface area contributed by atoms with Crippen molar-refractivity contribution in [3.63, 3.8) is 0 Å². The summed E-state index contributed by atoms with van der Waals surface area (Å²) in [4.78, 5) is 34.0. The van der Waals surface area contributed by atoms with E-state index in [1.807, 2.05) is 4.72 Å². The fourth-order valence-corrected chi connectivity index (χ4v) is 6.64. The van der Waals surface area contributed by atoms with E-state index in [9.17, 15) is 26.8 Å². The number of benzene rings is 1. The first-order valence-electron chi connectivity index (χ1n) is 12.9. The maximum absolute atomic E-state index is 14.5. The molecular formula is C26H30ClF2N5O6S2. The quantitative estimate of drug-likeness (QED) is 0.294. The molecule has 1 aromatic carbocycles. The van der Waals surface area contributed by atoms with Crippen LogP contribution >= 0.6 is 22.9 Å². The normalized spacial score (nSPS) is 21.3. The second-order valence-corrected chi connectivity index (χ2v) is 13.4. The van der Waals surface area contributed by atoms with Crippen molar-refractivity contribution >= 4 is 51.0 Å². The Balaban J connectivity index is 1.61. The molecule has 1 aliphatic heterocycles. The molecule has 42 heavy (non-hydrogen) atoms. The minimum absolute atomic E-state index is 0.0682. The van der Waals surface area contributed by atoms with Crippen molar-refractivity contribution in [1.29, 1.82) is 0 Å². The van der Waals surface area contributed by atoms with Crippen molar-refractivity contribution in [2.24, 2.45) is 10.9 Å². The van der Waals surface area contributed by atoms with E-state index < -0.39 is 56.6 Å². The van der Waals surface area contributed by atoms with Crippen LogP contribution in [0.4, 0.5) is 13.6 Å². The summed E-state index contributed by atoms with van der Waals surface area (Å²) in [7, 11) is -3.01. The van der Waals surface area contributed by atoms with Crippen LogP contribution in [-0.4, -0.2) is 50.1 Å². The largest absolute Gasteiger partial charge is 0.466 e. The predicted molar refractivity (Wildman–Crippen MR) is 152 cm³/mol. The molecule has 2 aliphatic rings. The number of hydrogen-bond donors (Lipinski definition) is 3. The van der Waals surface area contributed by atoms with E-state index in [1.54, 1.807) is 32.3 Å². The summed E-state index contributed by atoms with van der Waals surface area (Å²) in [5.74, 6) is -3.14. The number of carbonyl (C=O) groups excluding carboxylic acids is 2. The summed E-state index contributed by atoms with van der Waals surface area (Å²) in [6, 6.07) is 0.540. The molecule has 1 atom stereocenters. The molecule has 0 bridgehead atoms. The van der Waals surface area contributed by atoms with Gasteiger partial charge in [0.15, 0.2) is 22.5 Å². The molecule has 2 aromatic rings. The lowest BCUT2D eigenvalue weighted by Crippen LogP contribution is -2.48. The molecular weight excluding hydrogens is 616 g/mol. The monoisotopic (exact) mass is 645 g/mol. The van der Waals surface area contributed by atoms with Crippen LogP contribution in [0.15, 0.2) is 40.0 Å². The molecule has 11 nitrogen and oxygen atoms in total. The first-order chi connectivity index (χ1) is 19.7. The number of aliphatic imine (C=N–C) groups is 1. The predicted octanol–water partition coefficient (Wildman–Crippen LogP) is 4.51. The Morgan fingerprint density at radius 2 is 1.86 bits per heavy atom. The average molecular weight is 646 g/mol. The van der Waals surface area contributed by atoms with Crippen molar-refractivity contribution in [2.75, 3.05) is 7.11 Å². The number of carbonyl (C=O) groups is 2. The maximum atomic E-state index is 14.5. The number of aromatic nitrogens is 1. The number of thiazole rings is 1. The zero-order chi connectivity index (χ0) is 30.8. The van der Waals surface area contributed by atoms with E-state index in [-0.39, 0.29) is 17.1 Å². The minimum atomic E-state index is -4.20. The van der Waals surface area contributed by atoms with E-state index in [0.29, 0.717) is 42.2 Å². The Morgan fingerprint density at radius 1 is 1.17 bits per heavy atom. The molecule has 16 heteroatoms. The van der Waals surface area contributed by atoms with Crippen molar-refractivity contribution in [1.82, 2.24) is 19.7 Å². The molecule has 1 amide bonds. The Morgan fingerprint density at radius 3 is 2.45 bits per heavy atom. The third-order valence-electron chi connectivity index (χ3n) is 6.55. The molecule has 1 aromatic heterocycles. The highest BCUT2D eigenvalue weighted by molar-refractivity contribution is 7.88. The topological polar surface area (TPSA) is 148 Å². The molecule has 1 saturated carbocycles. The number of ether oxygens (including phenoxy) is 2. The van der Waals surface area contributed by atoms with Crippen molar-refractivity contribution in [2.45, 2.75) is 64.1 Å². The third kappa shape index (κ3) is 7.43. The lowest BCUT2D eigenvalue weighted by atomic mass is 9.80. The molecule has 1 aliphatic carbocycles. The molecule has 1 unspecified atom stereocenters. The number of halogens is 3. The standard InChI is InChI=1S/C26H30ClF2N5O6S2/c1-26(2,3)40-25(36)34-42(37,38)33-14-7-5-13(6-8-14)20-17(24(35)39-4)21(15-9-10-16(28)19(29)18(15)27)32-22(31-20)23-30-11-12-41-23/h9-14,21,33H,5-8H2,1-4H3,(H,31,32)(H,34,36)/t13-,14-,21?. The van der Waals surface area contributed by atoms with Gasteiger partial charge in [-0.15, -0.1) is 11.3 Å². The van der Waals surface area contributed by atoms with Gasteiger partial charge in [-0.05, 0) is 58.4 Å². The molecule has 0 saturated heterocycles. The van der Waals surface area contributed by atoms with Gasteiger partial charge in [-0.1, -0.05) is 17.7 Å². The van der Waals surface area contributed by atoms with E-state index >= 15 is 0 Å². The van der Waals surface area contributed by atoms with E-state index in [4.69, 9.17) is 21.1 Å². The number of nitrogens with one attached hydrogen (secondary N) is 3. The second-order valence-electron chi connectivity index (χ2n) is 10.7. The summed E-state index contributed by atoms with van der Waals surface area (Å²) in [5.41, 5.74) is -0.292. The molecule has 0 spiro atoms. The summed E-state index contributed by atoms with van der Waals surface area (Å²) in [5, 5.41) is 4.92. The Kier molecular flexibility index (Phi) is 9.55. The highest BCUT2D eigenvalue weighted by Crippen LogP contribution is 2.41. The van der Waals surface area contributed by atoms with Crippen LogP contribution in [0.25, 0.3) is 0 Å². The number of methoxy groups -OCH3 is 1. The minimum Gasteiger partial charge on any atom is -0.466 e. The fourth-order valence-electron chi connectivity index (χ4n) is 4.81. The van der Waals surface area contributed by atoms with Gasteiger partial charge < -0.3 is 14.8 Å². The molecule has 228 valence electrons. The lowest BCUT2D eigenvalue weighted by molar-refractivity contribution is -0.136. The summed E-state index contributed by atoms with van der Waals surface area (Å²) in [6.45, 7) is 4.83. The van der Waals surface area contributed by atoms with Crippen LogP contribution in [0.2, 0.25) is 5.02 Å². The Hall–Kier alpha value is -3.14. The maximum Gasteiger partial charge on any atom is 0.422 e. The highest BCUT2D eigenvalue weighted by Gasteiger charge is 2.39. The van der Waals surface area contributed by atoms with Crippen LogP contribution in [0.5, 0.6) is 0 Å². The van der Waals surface area contributed by atoms with Crippen LogP contribution in [0, 0.1) is 17.6 Å². The second kappa shape index (κ2) is 12.6. The first-order valence-corrected chi connectivity index (χ1v) is 15.7. The number of esters is 1. The van der Waals surface area contributed by atoms with E-state index in [1.165, 1.54) is 24.5 Å². The third-order valence-corrected chi connectivity index (χ3v) is 8.79. The highest BCUT2D eigenvalue weighted by atomic mass is 35.5. The summed E-state index contributed by atoms with van der Waals surface area (Å²) < 4.78 is 67.9. The van der Waals surface area contributed by atoms with Crippen LogP contribution in [0.1, 0.15) is 63.1 Å². The fraction of sp³-hybridized carbons (Fsp3) is 0.462. The number of allylic oxidation sites excluding steroid dienone is 1. The Labute approximate surface area is 250 Å². The van der Waals surface area contributed by atoms with Crippen molar-refractivity contribution in [3.8, 4) is 0 Å². The lowest BCUT2D eigenvalue weighted by Gasteiger charge is -2.35. The number of nitrogens with zero attached hydrogens (tertiary/aromatic N) is 2. The van der Waals surface area contributed by atoms with Crippen LogP contribution in [-0.2, 0) is 24.5 Å². The molecule has 3 N–H and O–H groups in total. The van der Waals surface area contributed by atoms with E-state index in [2.05, 4.69) is 20.0 Å². The number of amides is 1. The first kappa shape index (κ1) is 31.8. The zero-order valence-corrected chi connectivity index (χ0v) is 25.6. The molecule has 0 radical (unpaired) electrons. The van der Waals surface area contributed by atoms with Gasteiger partial charge in [0.2, 0.25) is 0 Å². The van der Waals surface area contributed by atoms with Gasteiger partial charge in [-0.2, -0.15) is 13.1 Å². The van der Waals surface area contributed by atoms with E-state index in [0.717, 1.165) is 6.07 Å². The van der Waals surface area contributed by atoms with Gasteiger partial charge in [-0.25, -0.2) is 28.1 Å². The van der Waals surface area contributed by atoms with Gasteiger partial charge in [0, 0.05) is 28.9 Å².